The number of aryl methyl sites for hydroxylation is 2. The molecule has 2 rings (SSSR count). The molecular weight excluding hydrogens is 192 g/mol. The Morgan fingerprint density at radius 2 is 1.56 bits per heavy atom. The first-order valence-electron chi connectivity index (χ1n) is 5.56. The molecule has 0 aliphatic heterocycles. The van der Waals surface area contributed by atoms with E-state index in [0.717, 1.165) is 0 Å². The number of hydrogen-bond donors (Lipinski definition) is 0. The van der Waals surface area contributed by atoms with Crippen LogP contribution in [0.1, 0.15) is 22.3 Å². The lowest BCUT2D eigenvalue weighted by atomic mass is 10.0. The van der Waals surface area contributed by atoms with E-state index < -0.39 is 0 Å². The Balaban J connectivity index is 2.24. The standard InChI is InChI=1S/C16H16/c1-13-8-10-16(14(2)12-13)11-9-15-6-4-3-5-7-15/h3-12H,1-2H3/b11-9-. The Morgan fingerprint density at radius 3 is 2.25 bits per heavy atom. The minimum Gasteiger partial charge on any atom is -0.0622 e. The van der Waals surface area contributed by atoms with Gasteiger partial charge in [0.2, 0.25) is 0 Å². The Kier molecular flexibility index (Phi) is 3.21. The first-order chi connectivity index (χ1) is 7.75. The molecule has 0 saturated carbocycles. The molecule has 0 nitrogen and oxygen atoms in total. The van der Waals surface area contributed by atoms with E-state index in [1.165, 1.54) is 22.3 Å². The zero-order valence-electron chi connectivity index (χ0n) is 9.77. The zero-order valence-corrected chi connectivity index (χ0v) is 9.77. The fourth-order valence-corrected chi connectivity index (χ4v) is 1.76. The highest BCUT2D eigenvalue weighted by Crippen LogP contribution is 2.14. The van der Waals surface area contributed by atoms with Crippen molar-refractivity contribution >= 4 is 12.2 Å². The molecule has 0 aliphatic carbocycles. The molecule has 2 aromatic carbocycles. The molecule has 0 bridgehead atoms. The van der Waals surface area contributed by atoms with Crippen molar-refractivity contribution in [3.63, 3.8) is 0 Å². The van der Waals surface area contributed by atoms with Gasteiger partial charge in [-0.25, -0.2) is 0 Å². The van der Waals surface area contributed by atoms with Crippen LogP contribution in [0.15, 0.2) is 48.5 Å². The van der Waals surface area contributed by atoms with Crippen molar-refractivity contribution in [2.75, 3.05) is 0 Å². The molecule has 0 unspecified atom stereocenters. The van der Waals surface area contributed by atoms with Crippen LogP contribution in [0.25, 0.3) is 12.2 Å². The van der Waals surface area contributed by atoms with E-state index in [2.05, 4.69) is 68.5 Å². The van der Waals surface area contributed by atoms with Gasteiger partial charge in [0.05, 0.1) is 0 Å². The van der Waals surface area contributed by atoms with Crippen LogP contribution in [-0.2, 0) is 0 Å². The van der Waals surface area contributed by atoms with Gasteiger partial charge in [-0.1, -0.05) is 66.2 Å². The molecule has 0 aromatic heterocycles. The van der Waals surface area contributed by atoms with Crippen LogP contribution in [0.5, 0.6) is 0 Å². The number of hydrogen-bond acceptors (Lipinski definition) is 0. The van der Waals surface area contributed by atoms with Crippen molar-refractivity contribution in [2.24, 2.45) is 0 Å². The van der Waals surface area contributed by atoms with Crippen LogP contribution in [-0.4, -0.2) is 0 Å². The molecule has 80 valence electrons. The van der Waals surface area contributed by atoms with Crippen molar-refractivity contribution in [1.82, 2.24) is 0 Å². The first kappa shape index (κ1) is 10.7. The third-order valence-electron chi connectivity index (χ3n) is 2.68. The van der Waals surface area contributed by atoms with Gasteiger partial charge >= 0.3 is 0 Å². The van der Waals surface area contributed by atoms with Gasteiger partial charge in [-0.05, 0) is 30.5 Å². The van der Waals surface area contributed by atoms with Gasteiger partial charge in [0.1, 0.15) is 0 Å². The summed E-state index contributed by atoms with van der Waals surface area (Å²) in [6, 6.07) is 16.9. The molecule has 0 spiro atoms. The largest absolute Gasteiger partial charge is 0.0622 e. The lowest BCUT2D eigenvalue weighted by molar-refractivity contribution is 1.37. The fourth-order valence-electron chi connectivity index (χ4n) is 1.76. The smallest absolute Gasteiger partial charge is 0.0227 e. The van der Waals surface area contributed by atoms with Crippen molar-refractivity contribution < 1.29 is 0 Å². The average Bonchev–Trinajstić information content (AvgIpc) is 2.29. The third kappa shape index (κ3) is 2.60. The second-order valence-corrected chi connectivity index (χ2v) is 4.10. The second-order valence-electron chi connectivity index (χ2n) is 4.10. The van der Waals surface area contributed by atoms with E-state index >= 15 is 0 Å². The highest BCUT2D eigenvalue weighted by atomic mass is 14.0. The van der Waals surface area contributed by atoms with Crippen LogP contribution in [0.4, 0.5) is 0 Å². The maximum absolute atomic E-state index is 2.21. The average molecular weight is 208 g/mol. The minimum atomic E-state index is 1.24. The molecule has 0 heteroatoms. The summed E-state index contributed by atoms with van der Waals surface area (Å²) in [6.45, 7) is 4.27. The molecule has 0 atom stereocenters. The van der Waals surface area contributed by atoms with Crippen molar-refractivity contribution in [1.29, 1.82) is 0 Å². The van der Waals surface area contributed by atoms with Crippen molar-refractivity contribution in [3.05, 3.63) is 70.8 Å². The topological polar surface area (TPSA) is 0 Å². The van der Waals surface area contributed by atoms with Crippen molar-refractivity contribution in [2.45, 2.75) is 13.8 Å². The summed E-state index contributed by atoms with van der Waals surface area (Å²) in [6.07, 6.45) is 4.32. The molecule has 0 N–H and O–H groups in total. The molecular formula is C16H16. The normalized spacial score (nSPS) is 10.9. The zero-order chi connectivity index (χ0) is 11.4. The van der Waals surface area contributed by atoms with Crippen LogP contribution < -0.4 is 0 Å². The van der Waals surface area contributed by atoms with Gasteiger partial charge in [0.15, 0.2) is 0 Å². The van der Waals surface area contributed by atoms with Crippen molar-refractivity contribution in [3.8, 4) is 0 Å². The predicted molar refractivity (Wildman–Crippen MR) is 71.3 cm³/mol. The van der Waals surface area contributed by atoms with E-state index in [1.807, 2.05) is 6.07 Å². The molecule has 2 aromatic rings. The molecule has 0 heterocycles. The van der Waals surface area contributed by atoms with Gasteiger partial charge in [-0.3, -0.25) is 0 Å². The summed E-state index contributed by atoms with van der Waals surface area (Å²) in [7, 11) is 0. The monoisotopic (exact) mass is 208 g/mol. The summed E-state index contributed by atoms with van der Waals surface area (Å²) in [5, 5.41) is 0. The summed E-state index contributed by atoms with van der Waals surface area (Å²) >= 11 is 0. The van der Waals surface area contributed by atoms with Crippen LogP contribution in [0, 0.1) is 13.8 Å². The molecule has 0 saturated heterocycles. The summed E-state index contributed by atoms with van der Waals surface area (Å²) in [5.41, 5.74) is 5.17. The van der Waals surface area contributed by atoms with E-state index in [1.54, 1.807) is 0 Å². The number of rotatable bonds is 2. The van der Waals surface area contributed by atoms with E-state index in [4.69, 9.17) is 0 Å². The Hall–Kier alpha value is -1.82. The Labute approximate surface area is 97.3 Å². The van der Waals surface area contributed by atoms with Crippen LogP contribution in [0.2, 0.25) is 0 Å². The fraction of sp³-hybridized carbons (Fsp3) is 0.125. The summed E-state index contributed by atoms with van der Waals surface area (Å²) in [4.78, 5) is 0. The lowest BCUT2D eigenvalue weighted by Gasteiger charge is -2.01. The van der Waals surface area contributed by atoms with E-state index in [9.17, 15) is 0 Å². The van der Waals surface area contributed by atoms with Crippen LogP contribution >= 0.6 is 0 Å². The number of benzene rings is 2. The Bertz CT molecular complexity index is 493. The van der Waals surface area contributed by atoms with E-state index in [0.29, 0.717) is 0 Å². The molecule has 0 aliphatic rings. The predicted octanol–water partition coefficient (Wildman–Crippen LogP) is 4.47. The molecule has 0 fully saturated rings. The third-order valence-corrected chi connectivity index (χ3v) is 2.68. The van der Waals surface area contributed by atoms with Gasteiger partial charge in [-0.2, -0.15) is 0 Å². The van der Waals surface area contributed by atoms with Gasteiger partial charge < -0.3 is 0 Å². The van der Waals surface area contributed by atoms with E-state index in [-0.39, 0.29) is 0 Å². The summed E-state index contributed by atoms with van der Waals surface area (Å²) < 4.78 is 0. The lowest BCUT2D eigenvalue weighted by Crippen LogP contribution is -1.81. The first-order valence-corrected chi connectivity index (χ1v) is 5.56. The molecule has 16 heavy (non-hydrogen) atoms. The van der Waals surface area contributed by atoms with Gasteiger partial charge in [0.25, 0.3) is 0 Å². The molecule has 0 amide bonds. The quantitative estimate of drug-likeness (QED) is 0.638. The molecule has 0 radical (unpaired) electrons. The maximum atomic E-state index is 2.21. The highest BCUT2D eigenvalue weighted by molar-refractivity contribution is 5.71. The van der Waals surface area contributed by atoms with Gasteiger partial charge in [-0.15, -0.1) is 0 Å². The summed E-state index contributed by atoms with van der Waals surface area (Å²) in [5.74, 6) is 0. The van der Waals surface area contributed by atoms with Gasteiger partial charge in [0, 0.05) is 0 Å². The minimum absolute atomic E-state index is 1.24. The highest BCUT2D eigenvalue weighted by Gasteiger charge is 1.93. The maximum Gasteiger partial charge on any atom is -0.0227 e. The second kappa shape index (κ2) is 4.80. The SMILES string of the molecule is Cc1ccc(/C=C\c2ccccc2)c(C)c1. The Morgan fingerprint density at radius 1 is 0.812 bits per heavy atom. The van der Waals surface area contributed by atoms with Crippen LogP contribution in [0.3, 0.4) is 0 Å².